The van der Waals surface area contributed by atoms with Crippen molar-refractivity contribution in [2.75, 3.05) is 24.1 Å². The maximum Gasteiger partial charge on any atom is 0.222 e. The summed E-state index contributed by atoms with van der Waals surface area (Å²) >= 11 is 0. The predicted molar refractivity (Wildman–Crippen MR) is 129 cm³/mol. The van der Waals surface area contributed by atoms with Crippen molar-refractivity contribution in [1.82, 2.24) is 24.4 Å². The summed E-state index contributed by atoms with van der Waals surface area (Å²) in [6.45, 7) is 2.91. The number of nitrogen functional groups attached to an aromatic ring is 1. The number of hydrogen-bond acceptors (Lipinski definition) is 7. The number of allylic oxidation sites excluding steroid dienone is 3. The number of nitrogens with one attached hydrogen (secondary N) is 1. The number of imidazole rings is 1. The Morgan fingerprint density at radius 2 is 1.82 bits per heavy atom. The lowest BCUT2D eigenvalue weighted by Gasteiger charge is -2.32. The number of likely N-dealkylation sites (tertiary alicyclic amines) is 1. The van der Waals surface area contributed by atoms with Gasteiger partial charge in [-0.05, 0) is 44.6 Å². The molecular formula is C24H34FN7O2. The molecule has 3 aliphatic rings. The van der Waals surface area contributed by atoms with E-state index in [-0.39, 0.29) is 29.8 Å². The van der Waals surface area contributed by atoms with Crippen LogP contribution < -0.4 is 11.1 Å². The number of aliphatic hydroxyl groups excluding tert-OH is 1. The molecule has 0 atom stereocenters. The lowest BCUT2D eigenvalue weighted by molar-refractivity contribution is -0.130. The first-order valence-electron chi connectivity index (χ1n) is 12.2. The fourth-order valence-electron chi connectivity index (χ4n) is 4.73. The van der Waals surface area contributed by atoms with Crippen molar-refractivity contribution in [3.63, 3.8) is 0 Å². The summed E-state index contributed by atoms with van der Waals surface area (Å²) in [6.07, 6.45) is 13.9. The Morgan fingerprint density at radius 3 is 2.44 bits per heavy atom. The molecule has 2 aromatic rings. The molecule has 1 saturated carbocycles. The molecule has 5 rings (SSSR count). The minimum absolute atomic E-state index is 0.0359. The lowest BCUT2D eigenvalue weighted by Crippen LogP contribution is -2.37. The van der Waals surface area contributed by atoms with Crippen molar-refractivity contribution in [1.29, 1.82) is 0 Å². The van der Waals surface area contributed by atoms with E-state index in [4.69, 9.17) is 10.8 Å². The standard InChI is InChI=1S/C18H22FN7O.C6H12O/c1-11(27)25-8-6-12(7-9-25)26-16-15(10-21-17(20)24-16)23-18(26)22-14-5-3-2-4-13(14)19;7-6-4-2-1-3-5-6/h4-5,10,12H,2-3,6-9H2,1H3,(H,22,23)(H2,20,21,24);6-7H,1-5H2. The summed E-state index contributed by atoms with van der Waals surface area (Å²) in [5, 5.41) is 12.0. The Kier molecular flexibility index (Phi) is 7.77. The maximum atomic E-state index is 14.2. The van der Waals surface area contributed by atoms with Crippen LogP contribution >= 0.6 is 0 Å². The third-order valence-corrected chi connectivity index (χ3v) is 6.64. The monoisotopic (exact) mass is 471 g/mol. The third kappa shape index (κ3) is 5.72. The summed E-state index contributed by atoms with van der Waals surface area (Å²) in [6, 6.07) is 0.0821. The van der Waals surface area contributed by atoms with Crippen LogP contribution in [0.3, 0.4) is 0 Å². The van der Waals surface area contributed by atoms with E-state index in [0.29, 0.717) is 42.3 Å². The van der Waals surface area contributed by atoms with Gasteiger partial charge in [0.25, 0.3) is 0 Å². The van der Waals surface area contributed by atoms with Crippen LogP contribution in [0.25, 0.3) is 11.2 Å². The topological polar surface area (TPSA) is 122 Å². The van der Waals surface area contributed by atoms with Crippen LogP contribution in [0.2, 0.25) is 0 Å². The molecular weight excluding hydrogens is 437 g/mol. The number of nitrogens with two attached hydrogens (primary N) is 1. The third-order valence-electron chi connectivity index (χ3n) is 6.64. The lowest BCUT2D eigenvalue weighted by atomic mass is 9.98. The molecule has 1 saturated heterocycles. The smallest absolute Gasteiger partial charge is 0.222 e. The van der Waals surface area contributed by atoms with Gasteiger partial charge in [-0.2, -0.15) is 4.98 Å². The van der Waals surface area contributed by atoms with Crippen molar-refractivity contribution in [2.24, 2.45) is 0 Å². The van der Waals surface area contributed by atoms with E-state index in [9.17, 15) is 9.18 Å². The van der Waals surface area contributed by atoms with E-state index in [2.05, 4.69) is 20.3 Å². The molecule has 10 heteroatoms. The molecule has 2 aromatic heterocycles. The minimum atomic E-state index is -0.281. The summed E-state index contributed by atoms with van der Waals surface area (Å²) in [4.78, 5) is 26.4. The number of aliphatic hydroxyl groups is 1. The molecule has 3 heterocycles. The van der Waals surface area contributed by atoms with Gasteiger partial charge in [0.2, 0.25) is 17.8 Å². The van der Waals surface area contributed by atoms with Gasteiger partial charge in [-0.3, -0.25) is 9.36 Å². The zero-order chi connectivity index (χ0) is 24.1. The van der Waals surface area contributed by atoms with E-state index in [1.54, 1.807) is 19.2 Å². The highest BCUT2D eigenvalue weighted by Crippen LogP contribution is 2.32. The van der Waals surface area contributed by atoms with Crippen LogP contribution in [-0.2, 0) is 4.79 Å². The van der Waals surface area contributed by atoms with Gasteiger partial charge >= 0.3 is 0 Å². The largest absolute Gasteiger partial charge is 0.393 e. The summed E-state index contributed by atoms with van der Waals surface area (Å²) < 4.78 is 16.1. The van der Waals surface area contributed by atoms with Gasteiger partial charge in [-0.25, -0.2) is 14.4 Å². The number of hydrogen-bond donors (Lipinski definition) is 3. The number of carbonyl (C=O) groups excluding carboxylic acids is 1. The van der Waals surface area contributed by atoms with E-state index in [0.717, 1.165) is 32.1 Å². The van der Waals surface area contributed by atoms with Crippen LogP contribution in [0.1, 0.15) is 70.8 Å². The number of halogens is 1. The van der Waals surface area contributed by atoms with Gasteiger partial charge in [0, 0.05) is 26.1 Å². The summed E-state index contributed by atoms with van der Waals surface area (Å²) in [5.41, 5.74) is 7.42. The number of aromatic nitrogens is 4. The Labute approximate surface area is 199 Å². The summed E-state index contributed by atoms with van der Waals surface area (Å²) in [5.74, 6) is 0.479. The van der Waals surface area contributed by atoms with Crippen LogP contribution in [0.15, 0.2) is 29.9 Å². The number of anilines is 2. The second-order valence-corrected chi connectivity index (χ2v) is 9.14. The number of amides is 1. The Bertz CT molecular complexity index is 1070. The normalized spacial score (nSPS) is 19.8. The quantitative estimate of drug-likeness (QED) is 0.621. The molecule has 4 N–H and O–H groups in total. The van der Waals surface area contributed by atoms with Gasteiger partial charge in [0.1, 0.15) is 11.3 Å². The first-order valence-corrected chi connectivity index (χ1v) is 12.2. The molecule has 1 aliphatic heterocycles. The predicted octanol–water partition coefficient (Wildman–Crippen LogP) is 3.85. The van der Waals surface area contributed by atoms with Crippen LogP contribution in [0.4, 0.5) is 16.3 Å². The highest BCUT2D eigenvalue weighted by Gasteiger charge is 2.27. The van der Waals surface area contributed by atoms with Crippen molar-refractivity contribution >= 4 is 29.0 Å². The van der Waals surface area contributed by atoms with Crippen molar-refractivity contribution in [3.05, 3.63) is 29.9 Å². The first-order chi connectivity index (χ1) is 16.4. The maximum absolute atomic E-state index is 14.2. The molecule has 0 aromatic carbocycles. The number of fused-ring (bicyclic) bond motifs is 1. The molecule has 0 radical (unpaired) electrons. The SMILES string of the molecule is CC(=O)N1CCC(n2c(NC3=CCCC=C3F)nc3cnc(N)nc32)CC1.OC1CCCCC1. The van der Waals surface area contributed by atoms with Gasteiger partial charge in [0.05, 0.1) is 18.0 Å². The van der Waals surface area contributed by atoms with Crippen LogP contribution in [-0.4, -0.2) is 54.6 Å². The van der Waals surface area contributed by atoms with E-state index < -0.39 is 0 Å². The molecule has 0 bridgehead atoms. The number of nitrogens with zero attached hydrogens (tertiary/aromatic N) is 5. The Balaban J connectivity index is 0.000000336. The fourth-order valence-corrected chi connectivity index (χ4v) is 4.73. The van der Waals surface area contributed by atoms with Gasteiger partial charge in [0.15, 0.2) is 5.65 Å². The molecule has 1 amide bonds. The van der Waals surface area contributed by atoms with Crippen molar-refractivity contribution in [3.8, 4) is 0 Å². The van der Waals surface area contributed by atoms with E-state index in [1.807, 2.05) is 15.5 Å². The average Bonchev–Trinajstić information content (AvgIpc) is 3.18. The zero-order valence-corrected chi connectivity index (χ0v) is 19.7. The van der Waals surface area contributed by atoms with Gasteiger partial charge in [-0.1, -0.05) is 25.3 Å². The van der Waals surface area contributed by atoms with Gasteiger partial charge in [-0.15, -0.1) is 0 Å². The highest BCUT2D eigenvalue weighted by atomic mass is 19.1. The average molecular weight is 472 g/mol. The number of rotatable bonds is 3. The fraction of sp³-hybridized carbons (Fsp3) is 0.583. The van der Waals surface area contributed by atoms with Crippen LogP contribution in [0.5, 0.6) is 0 Å². The van der Waals surface area contributed by atoms with Crippen molar-refractivity contribution in [2.45, 2.75) is 76.9 Å². The molecule has 2 fully saturated rings. The summed E-state index contributed by atoms with van der Waals surface area (Å²) in [7, 11) is 0. The highest BCUT2D eigenvalue weighted by molar-refractivity contribution is 5.76. The molecule has 0 unspecified atom stereocenters. The second kappa shape index (κ2) is 10.9. The van der Waals surface area contributed by atoms with Crippen molar-refractivity contribution < 1.29 is 14.3 Å². The zero-order valence-electron chi connectivity index (χ0n) is 19.7. The molecule has 34 heavy (non-hydrogen) atoms. The first kappa shape index (κ1) is 24.1. The van der Waals surface area contributed by atoms with Gasteiger partial charge < -0.3 is 21.1 Å². The molecule has 0 spiro atoms. The van der Waals surface area contributed by atoms with Crippen LogP contribution in [0, 0.1) is 0 Å². The number of piperidine rings is 1. The van der Waals surface area contributed by atoms with E-state index in [1.165, 1.54) is 19.3 Å². The molecule has 2 aliphatic carbocycles. The number of carbonyl (C=O) groups is 1. The second-order valence-electron chi connectivity index (χ2n) is 9.14. The Morgan fingerprint density at radius 1 is 1.12 bits per heavy atom. The minimum Gasteiger partial charge on any atom is -0.393 e. The molecule has 9 nitrogen and oxygen atoms in total. The van der Waals surface area contributed by atoms with E-state index >= 15 is 0 Å². The Hall–Kier alpha value is -3.01. The molecule has 184 valence electrons.